The van der Waals surface area contributed by atoms with Gasteiger partial charge < -0.3 is 13.9 Å². The molecule has 0 bridgehead atoms. The zero-order valence-electron chi connectivity index (χ0n) is 19.0. The number of aromatic nitrogens is 1. The zero-order chi connectivity index (χ0) is 23.5. The minimum Gasteiger partial charge on any atom is -0.491 e. The van der Waals surface area contributed by atoms with Gasteiger partial charge in [0.25, 0.3) is 0 Å². The molecule has 2 aromatic carbocycles. The molecule has 0 amide bonds. The van der Waals surface area contributed by atoms with Crippen LogP contribution in [-0.4, -0.2) is 24.7 Å². The number of fused-ring (bicyclic) bond motifs is 1. The van der Waals surface area contributed by atoms with Crippen LogP contribution < -0.4 is 4.74 Å². The lowest BCUT2D eigenvalue weighted by Gasteiger charge is -2.22. The van der Waals surface area contributed by atoms with E-state index >= 15 is 0 Å². The molecule has 1 aliphatic carbocycles. The van der Waals surface area contributed by atoms with Crippen molar-refractivity contribution in [3.8, 4) is 17.2 Å². The Balaban J connectivity index is 1.48. The van der Waals surface area contributed by atoms with Crippen LogP contribution >= 0.6 is 31.9 Å². The van der Waals surface area contributed by atoms with Gasteiger partial charge in [0.1, 0.15) is 11.5 Å². The zero-order valence-corrected chi connectivity index (χ0v) is 22.2. The molecule has 3 aromatic rings. The summed E-state index contributed by atoms with van der Waals surface area (Å²) in [4.78, 5) is 17.0. The van der Waals surface area contributed by atoms with Gasteiger partial charge >= 0.3 is 5.97 Å². The van der Waals surface area contributed by atoms with Crippen molar-refractivity contribution in [3.05, 3.63) is 67.9 Å². The lowest BCUT2D eigenvalue weighted by atomic mass is 9.85. The van der Waals surface area contributed by atoms with E-state index in [4.69, 9.17) is 13.9 Å². The van der Waals surface area contributed by atoms with E-state index < -0.39 is 0 Å². The molecule has 1 aromatic heterocycles. The number of benzene rings is 2. The topological polar surface area (TPSA) is 61.6 Å². The summed E-state index contributed by atoms with van der Waals surface area (Å²) in [5, 5.41) is 0. The SMILES string of the molecule is CCC(C(=O)OC)C1CCc2c1cc(Br)c(OCCc1nc(-c3ccccc3)oc1C)c2Br. The number of carbonyl (C=O) groups excluding carboxylic acids is 1. The molecule has 2 unspecified atom stereocenters. The van der Waals surface area contributed by atoms with Crippen molar-refractivity contribution in [1.29, 1.82) is 0 Å². The van der Waals surface area contributed by atoms with Gasteiger partial charge in [0, 0.05) is 12.0 Å². The number of rotatable bonds is 8. The summed E-state index contributed by atoms with van der Waals surface area (Å²) in [6.07, 6.45) is 3.23. The van der Waals surface area contributed by atoms with E-state index in [1.54, 1.807) is 0 Å². The highest BCUT2D eigenvalue weighted by Crippen LogP contribution is 2.48. The lowest BCUT2D eigenvalue weighted by Crippen LogP contribution is -2.21. The van der Waals surface area contributed by atoms with Gasteiger partial charge in [-0.25, -0.2) is 4.98 Å². The number of methoxy groups -OCH3 is 1. The van der Waals surface area contributed by atoms with Crippen LogP contribution in [-0.2, 0) is 22.4 Å². The van der Waals surface area contributed by atoms with Crippen molar-refractivity contribution in [2.24, 2.45) is 5.92 Å². The van der Waals surface area contributed by atoms with Gasteiger partial charge in [0.2, 0.25) is 5.89 Å². The maximum atomic E-state index is 12.3. The average molecular weight is 577 g/mol. The molecule has 1 heterocycles. The third-order valence-corrected chi connectivity index (χ3v) is 7.77. The van der Waals surface area contributed by atoms with Crippen LogP contribution in [0.4, 0.5) is 0 Å². The molecule has 2 atom stereocenters. The highest BCUT2D eigenvalue weighted by atomic mass is 79.9. The molecule has 0 radical (unpaired) electrons. The molecular formula is C26H27Br2NO4. The maximum absolute atomic E-state index is 12.3. The first-order valence-electron chi connectivity index (χ1n) is 11.2. The van der Waals surface area contributed by atoms with E-state index in [2.05, 4.69) is 42.9 Å². The fourth-order valence-electron chi connectivity index (χ4n) is 4.63. The standard InChI is InChI=1S/C26H27Br2NO4/c1-4-17(26(30)31-3)18-10-11-19-20(18)14-21(27)24(23(19)28)32-13-12-22-15(2)33-25(29-22)16-8-6-5-7-9-16/h5-9,14,17-18H,4,10-13H2,1-3H3. The fraction of sp³-hybridized carbons (Fsp3) is 0.385. The van der Waals surface area contributed by atoms with Crippen LogP contribution in [0.25, 0.3) is 11.5 Å². The van der Waals surface area contributed by atoms with Crippen LogP contribution in [0.3, 0.4) is 0 Å². The summed E-state index contributed by atoms with van der Waals surface area (Å²) >= 11 is 7.45. The van der Waals surface area contributed by atoms with Gasteiger partial charge in [-0.3, -0.25) is 4.79 Å². The largest absolute Gasteiger partial charge is 0.491 e. The summed E-state index contributed by atoms with van der Waals surface area (Å²) in [7, 11) is 1.46. The number of hydrogen-bond acceptors (Lipinski definition) is 5. The molecule has 0 fully saturated rings. The van der Waals surface area contributed by atoms with Crippen LogP contribution in [0.2, 0.25) is 0 Å². The van der Waals surface area contributed by atoms with Crippen molar-refractivity contribution in [3.63, 3.8) is 0 Å². The smallest absolute Gasteiger partial charge is 0.309 e. The first-order chi connectivity index (χ1) is 15.9. The van der Waals surface area contributed by atoms with Gasteiger partial charge in [0.15, 0.2) is 0 Å². The first kappa shape index (κ1) is 24.0. The van der Waals surface area contributed by atoms with Crippen molar-refractivity contribution in [2.75, 3.05) is 13.7 Å². The summed E-state index contributed by atoms with van der Waals surface area (Å²) in [5.41, 5.74) is 4.26. The molecule has 0 saturated heterocycles. The Kier molecular flexibility index (Phi) is 7.59. The summed E-state index contributed by atoms with van der Waals surface area (Å²) in [6, 6.07) is 12.0. The van der Waals surface area contributed by atoms with Gasteiger partial charge in [-0.2, -0.15) is 0 Å². The second kappa shape index (κ2) is 10.4. The molecular weight excluding hydrogens is 550 g/mol. The molecule has 5 nitrogen and oxygen atoms in total. The van der Waals surface area contributed by atoms with E-state index in [1.165, 1.54) is 18.2 Å². The Morgan fingerprint density at radius 2 is 2.03 bits per heavy atom. The highest BCUT2D eigenvalue weighted by molar-refractivity contribution is 9.11. The van der Waals surface area contributed by atoms with E-state index in [9.17, 15) is 4.79 Å². The van der Waals surface area contributed by atoms with Gasteiger partial charge in [0.05, 0.1) is 34.3 Å². The molecule has 4 rings (SSSR count). The Morgan fingerprint density at radius 3 is 2.73 bits per heavy atom. The molecule has 7 heteroatoms. The van der Waals surface area contributed by atoms with Crippen molar-refractivity contribution >= 4 is 37.8 Å². The quantitative estimate of drug-likeness (QED) is 0.269. The fourth-order valence-corrected chi connectivity index (χ4v) is 6.21. The molecule has 33 heavy (non-hydrogen) atoms. The molecule has 0 aliphatic heterocycles. The van der Waals surface area contributed by atoms with Crippen LogP contribution in [0, 0.1) is 12.8 Å². The average Bonchev–Trinajstić information content (AvgIpc) is 3.40. The monoisotopic (exact) mass is 575 g/mol. The number of carbonyl (C=O) groups is 1. The molecule has 174 valence electrons. The number of oxazole rings is 1. The second-order valence-corrected chi connectivity index (χ2v) is 9.89. The molecule has 1 aliphatic rings. The number of ether oxygens (including phenoxy) is 2. The minimum absolute atomic E-state index is 0.129. The Bertz CT molecular complexity index is 1140. The number of esters is 1. The van der Waals surface area contributed by atoms with Gasteiger partial charge in [-0.1, -0.05) is 25.1 Å². The van der Waals surface area contributed by atoms with Gasteiger partial charge in [-0.05, 0) is 93.3 Å². The predicted octanol–water partition coefficient (Wildman–Crippen LogP) is 7.03. The summed E-state index contributed by atoms with van der Waals surface area (Å²) in [6.45, 7) is 4.44. The second-order valence-electron chi connectivity index (χ2n) is 8.24. The Hall–Kier alpha value is -2.12. The maximum Gasteiger partial charge on any atom is 0.309 e. The highest BCUT2D eigenvalue weighted by Gasteiger charge is 2.36. The number of nitrogens with zero attached hydrogens (tertiary/aromatic N) is 1. The van der Waals surface area contributed by atoms with E-state index in [0.717, 1.165) is 51.0 Å². The van der Waals surface area contributed by atoms with E-state index in [-0.39, 0.29) is 17.8 Å². The van der Waals surface area contributed by atoms with Crippen LogP contribution in [0.15, 0.2) is 49.8 Å². The molecule has 0 N–H and O–H groups in total. The number of halogens is 2. The van der Waals surface area contributed by atoms with Crippen molar-refractivity contribution in [2.45, 2.75) is 45.4 Å². The predicted molar refractivity (Wildman–Crippen MR) is 135 cm³/mol. The Morgan fingerprint density at radius 1 is 1.27 bits per heavy atom. The minimum atomic E-state index is -0.138. The third kappa shape index (κ3) is 4.90. The Labute approximate surface area is 211 Å². The summed E-state index contributed by atoms with van der Waals surface area (Å²) < 4.78 is 18.9. The van der Waals surface area contributed by atoms with E-state index in [1.807, 2.05) is 44.2 Å². The van der Waals surface area contributed by atoms with Crippen molar-refractivity contribution < 1.29 is 18.7 Å². The molecule has 0 spiro atoms. The van der Waals surface area contributed by atoms with Crippen LogP contribution in [0.1, 0.15) is 48.3 Å². The van der Waals surface area contributed by atoms with E-state index in [0.29, 0.717) is 18.9 Å². The van der Waals surface area contributed by atoms with Crippen molar-refractivity contribution in [1.82, 2.24) is 4.98 Å². The third-order valence-electron chi connectivity index (χ3n) is 6.34. The summed E-state index contributed by atoms with van der Waals surface area (Å²) in [5.74, 6) is 2.11. The normalized spacial score (nSPS) is 15.8. The molecule has 0 saturated carbocycles. The first-order valence-corrected chi connectivity index (χ1v) is 12.8. The van der Waals surface area contributed by atoms with Crippen LogP contribution in [0.5, 0.6) is 5.75 Å². The number of aryl methyl sites for hydroxylation is 1. The number of hydrogen-bond donors (Lipinski definition) is 0. The lowest BCUT2D eigenvalue weighted by molar-refractivity contribution is -0.146. The van der Waals surface area contributed by atoms with Gasteiger partial charge in [-0.15, -0.1) is 0 Å².